The molecule has 0 unspecified atom stereocenters. The first-order chi connectivity index (χ1) is 11.9. The maximum atomic E-state index is 12.9. The Labute approximate surface area is 144 Å². The molecule has 2 aromatic carbocycles. The molecule has 1 heterocycles. The summed E-state index contributed by atoms with van der Waals surface area (Å²) in [6.07, 6.45) is -3.04. The number of alkyl halides is 3. The van der Waals surface area contributed by atoms with E-state index in [2.05, 4.69) is 5.32 Å². The van der Waals surface area contributed by atoms with Crippen LogP contribution in [0.1, 0.15) is 28.3 Å². The van der Waals surface area contributed by atoms with Gasteiger partial charge in [0, 0.05) is 6.04 Å². The van der Waals surface area contributed by atoms with Crippen LogP contribution in [0, 0.1) is 0 Å². The first-order valence-electron chi connectivity index (χ1n) is 8.06. The van der Waals surface area contributed by atoms with Crippen molar-refractivity contribution < 1.29 is 22.6 Å². The molecule has 1 atom stereocenters. The standard InChI is InChI=1S/C19H20F3NO2/c1-24-17-6-3-12(10-18(17)25-2)9-16-15-5-4-14(19(20,21)22)11-13(15)7-8-23-16/h3-6,10-11,16,23H,7-9H2,1-2H3/t16-/m1/s1. The van der Waals surface area contributed by atoms with Crippen LogP contribution in [0.15, 0.2) is 36.4 Å². The summed E-state index contributed by atoms with van der Waals surface area (Å²) in [7, 11) is 3.16. The zero-order valence-electron chi connectivity index (χ0n) is 14.1. The van der Waals surface area contributed by atoms with E-state index in [4.69, 9.17) is 9.47 Å². The van der Waals surface area contributed by atoms with Crippen LogP contribution in [0.4, 0.5) is 13.2 Å². The molecule has 0 saturated carbocycles. The van der Waals surface area contributed by atoms with Crippen LogP contribution >= 0.6 is 0 Å². The lowest BCUT2D eigenvalue weighted by Crippen LogP contribution is -2.31. The van der Waals surface area contributed by atoms with Crippen LogP contribution in [-0.2, 0) is 19.0 Å². The Morgan fingerprint density at radius 2 is 1.80 bits per heavy atom. The second-order valence-corrected chi connectivity index (χ2v) is 6.06. The molecule has 3 nitrogen and oxygen atoms in total. The van der Waals surface area contributed by atoms with Gasteiger partial charge >= 0.3 is 6.18 Å². The monoisotopic (exact) mass is 351 g/mol. The predicted molar refractivity (Wildman–Crippen MR) is 89.1 cm³/mol. The lowest BCUT2D eigenvalue weighted by Gasteiger charge is -2.28. The van der Waals surface area contributed by atoms with Crippen LogP contribution in [0.2, 0.25) is 0 Å². The normalized spacial score (nSPS) is 17.1. The van der Waals surface area contributed by atoms with E-state index in [0.29, 0.717) is 30.9 Å². The summed E-state index contributed by atoms with van der Waals surface area (Å²) in [6.45, 7) is 0.659. The molecule has 0 amide bonds. The fraction of sp³-hybridized carbons (Fsp3) is 0.368. The van der Waals surface area contributed by atoms with Gasteiger partial charge in [-0.25, -0.2) is 0 Å². The number of hydrogen-bond acceptors (Lipinski definition) is 3. The summed E-state index contributed by atoms with van der Waals surface area (Å²) in [6, 6.07) is 9.69. The van der Waals surface area contributed by atoms with E-state index in [1.807, 2.05) is 18.2 Å². The molecular weight excluding hydrogens is 331 g/mol. The van der Waals surface area contributed by atoms with E-state index in [-0.39, 0.29) is 6.04 Å². The lowest BCUT2D eigenvalue weighted by atomic mass is 9.89. The largest absolute Gasteiger partial charge is 0.493 e. The van der Waals surface area contributed by atoms with E-state index in [1.165, 1.54) is 6.07 Å². The smallest absolute Gasteiger partial charge is 0.416 e. The van der Waals surface area contributed by atoms with E-state index in [9.17, 15) is 13.2 Å². The van der Waals surface area contributed by atoms with Crippen molar-refractivity contribution in [1.82, 2.24) is 5.32 Å². The lowest BCUT2D eigenvalue weighted by molar-refractivity contribution is -0.137. The average molecular weight is 351 g/mol. The molecular formula is C19H20F3NO2. The second kappa shape index (κ2) is 6.96. The van der Waals surface area contributed by atoms with Gasteiger partial charge in [-0.1, -0.05) is 12.1 Å². The predicted octanol–water partition coefficient (Wildman–Crippen LogP) is 4.15. The Morgan fingerprint density at radius 1 is 1.04 bits per heavy atom. The van der Waals surface area contributed by atoms with Gasteiger partial charge in [0.15, 0.2) is 11.5 Å². The van der Waals surface area contributed by atoms with Crippen LogP contribution in [0.5, 0.6) is 11.5 Å². The third-order valence-corrected chi connectivity index (χ3v) is 4.52. The zero-order chi connectivity index (χ0) is 18.0. The third-order valence-electron chi connectivity index (χ3n) is 4.52. The van der Waals surface area contributed by atoms with E-state index >= 15 is 0 Å². The Balaban J connectivity index is 1.86. The molecule has 0 spiro atoms. The second-order valence-electron chi connectivity index (χ2n) is 6.06. The van der Waals surface area contributed by atoms with Gasteiger partial charge in [0.2, 0.25) is 0 Å². The van der Waals surface area contributed by atoms with Gasteiger partial charge in [0.25, 0.3) is 0 Å². The van der Waals surface area contributed by atoms with Gasteiger partial charge in [-0.2, -0.15) is 13.2 Å². The van der Waals surface area contributed by atoms with Gasteiger partial charge in [-0.15, -0.1) is 0 Å². The van der Waals surface area contributed by atoms with Gasteiger partial charge in [0.05, 0.1) is 19.8 Å². The third kappa shape index (κ3) is 3.74. The number of halogens is 3. The number of hydrogen-bond donors (Lipinski definition) is 1. The minimum Gasteiger partial charge on any atom is -0.493 e. The minimum atomic E-state index is -4.31. The summed E-state index contributed by atoms with van der Waals surface area (Å²) in [5.74, 6) is 1.29. The number of ether oxygens (including phenoxy) is 2. The van der Waals surface area contributed by atoms with Crippen LogP contribution in [0.3, 0.4) is 0 Å². The Morgan fingerprint density at radius 3 is 2.48 bits per heavy atom. The van der Waals surface area contributed by atoms with E-state index in [0.717, 1.165) is 22.8 Å². The van der Waals surface area contributed by atoms with Crippen molar-refractivity contribution in [1.29, 1.82) is 0 Å². The summed E-state index contributed by atoms with van der Waals surface area (Å²) < 4.78 is 49.3. The molecule has 0 radical (unpaired) electrons. The number of benzene rings is 2. The molecule has 1 N–H and O–H groups in total. The molecule has 0 aromatic heterocycles. The van der Waals surface area contributed by atoms with Gasteiger partial charge in [0.1, 0.15) is 0 Å². The summed E-state index contributed by atoms with van der Waals surface area (Å²) in [5, 5.41) is 3.39. The van der Waals surface area contributed by atoms with Crippen molar-refractivity contribution in [2.75, 3.05) is 20.8 Å². The first kappa shape index (κ1) is 17.6. The average Bonchev–Trinajstić information content (AvgIpc) is 2.60. The molecule has 3 rings (SSSR count). The minimum absolute atomic E-state index is 0.0239. The quantitative estimate of drug-likeness (QED) is 0.898. The summed E-state index contributed by atoms with van der Waals surface area (Å²) in [4.78, 5) is 0. The summed E-state index contributed by atoms with van der Waals surface area (Å²) >= 11 is 0. The molecule has 25 heavy (non-hydrogen) atoms. The molecule has 6 heteroatoms. The van der Waals surface area contributed by atoms with Crippen molar-refractivity contribution in [2.45, 2.75) is 25.1 Å². The van der Waals surface area contributed by atoms with Crippen molar-refractivity contribution >= 4 is 0 Å². The van der Waals surface area contributed by atoms with Crippen molar-refractivity contribution in [3.63, 3.8) is 0 Å². The highest BCUT2D eigenvalue weighted by atomic mass is 19.4. The van der Waals surface area contributed by atoms with Crippen molar-refractivity contribution in [3.05, 3.63) is 58.7 Å². The highest BCUT2D eigenvalue weighted by molar-refractivity contribution is 5.44. The first-order valence-corrected chi connectivity index (χ1v) is 8.06. The van der Waals surface area contributed by atoms with Crippen molar-refractivity contribution in [3.8, 4) is 11.5 Å². The maximum absolute atomic E-state index is 12.9. The number of nitrogens with one attached hydrogen (secondary N) is 1. The van der Waals surface area contributed by atoms with Crippen LogP contribution in [0.25, 0.3) is 0 Å². The summed E-state index contributed by atoms with van der Waals surface area (Å²) in [5.41, 5.74) is 2.13. The van der Waals surface area contributed by atoms with Crippen molar-refractivity contribution in [2.24, 2.45) is 0 Å². The van der Waals surface area contributed by atoms with Gasteiger partial charge in [-0.05, 0) is 60.3 Å². The Hall–Kier alpha value is -2.21. The van der Waals surface area contributed by atoms with Gasteiger partial charge < -0.3 is 14.8 Å². The number of fused-ring (bicyclic) bond motifs is 1. The van der Waals surface area contributed by atoms with Gasteiger partial charge in [-0.3, -0.25) is 0 Å². The van der Waals surface area contributed by atoms with E-state index in [1.54, 1.807) is 20.3 Å². The molecule has 0 aliphatic carbocycles. The Bertz CT molecular complexity index is 759. The van der Waals surface area contributed by atoms with Crippen LogP contribution < -0.4 is 14.8 Å². The molecule has 0 bridgehead atoms. The SMILES string of the molecule is COc1ccc(C[C@H]2NCCc3cc(C(F)(F)F)ccc32)cc1OC. The molecule has 134 valence electrons. The highest BCUT2D eigenvalue weighted by Gasteiger charge is 2.32. The van der Waals surface area contributed by atoms with Crippen LogP contribution in [-0.4, -0.2) is 20.8 Å². The number of methoxy groups -OCH3 is 2. The maximum Gasteiger partial charge on any atom is 0.416 e. The fourth-order valence-corrected chi connectivity index (χ4v) is 3.25. The molecule has 2 aromatic rings. The Kier molecular flexibility index (Phi) is 4.90. The number of rotatable bonds is 4. The molecule has 1 aliphatic heterocycles. The zero-order valence-corrected chi connectivity index (χ0v) is 14.1. The molecule has 0 saturated heterocycles. The fourth-order valence-electron chi connectivity index (χ4n) is 3.25. The highest BCUT2D eigenvalue weighted by Crippen LogP contribution is 2.35. The molecule has 0 fully saturated rings. The topological polar surface area (TPSA) is 30.5 Å². The van der Waals surface area contributed by atoms with E-state index < -0.39 is 11.7 Å². The molecule has 1 aliphatic rings.